The molecular formula is C34H52O2S2. The first-order chi connectivity index (χ1) is 18.0. The average Bonchev–Trinajstić information content (AvgIpc) is 2.83. The van der Waals surface area contributed by atoms with Crippen LogP contribution in [0.25, 0.3) is 0 Å². The molecule has 2 N–H and O–H groups in total. The summed E-state index contributed by atoms with van der Waals surface area (Å²) in [7, 11) is 0. The smallest absolute Gasteiger partial charge is 0.123 e. The maximum Gasteiger partial charge on any atom is 0.123 e. The van der Waals surface area contributed by atoms with Gasteiger partial charge in [-0.3, -0.25) is 0 Å². The lowest BCUT2D eigenvalue weighted by Gasteiger charge is -2.29. The van der Waals surface area contributed by atoms with Gasteiger partial charge in [0.25, 0.3) is 0 Å². The summed E-state index contributed by atoms with van der Waals surface area (Å²) >= 11 is 4.10. The first-order valence-electron chi connectivity index (χ1n) is 14.9. The third-order valence-corrected chi connectivity index (χ3v) is 11.2. The Morgan fingerprint density at radius 2 is 0.947 bits per heavy atom. The predicted octanol–water partition coefficient (Wildman–Crippen LogP) is 10.8. The summed E-state index contributed by atoms with van der Waals surface area (Å²) in [5.74, 6) is 4.25. The zero-order chi connectivity index (χ0) is 28.0. The van der Waals surface area contributed by atoms with E-state index in [1.165, 1.54) is 49.7 Å². The normalized spacial score (nSPS) is 18.9. The highest BCUT2D eigenvalue weighted by atomic mass is 32.2. The summed E-state index contributed by atoms with van der Waals surface area (Å²) in [5.41, 5.74) is 7.01. The Morgan fingerprint density at radius 1 is 0.579 bits per heavy atom. The molecule has 38 heavy (non-hydrogen) atoms. The van der Waals surface area contributed by atoms with Crippen LogP contribution in [0.15, 0.2) is 24.3 Å². The lowest BCUT2D eigenvalue weighted by molar-refractivity contribution is 0.459. The molecule has 1 aliphatic rings. The molecule has 0 bridgehead atoms. The third kappa shape index (κ3) is 8.13. The van der Waals surface area contributed by atoms with Gasteiger partial charge in [0.05, 0.1) is 0 Å². The van der Waals surface area contributed by atoms with Crippen LogP contribution in [0, 0.1) is 0 Å². The highest BCUT2D eigenvalue weighted by Crippen LogP contribution is 2.42. The van der Waals surface area contributed by atoms with E-state index in [2.05, 4.69) is 79.7 Å². The Morgan fingerprint density at radius 3 is 1.26 bits per heavy atom. The van der Waals surface area contributed by atoms with Gasteiger partial charge in [0, 0.05) is 33.1 Å². The summed E-state index contributed by atoms with van der Waals surface area (Å²) in [4.78, 5) is 0. The molecule has 2 atom stereocenters. The molecule has 0 saturated heterocycles. The summed E-state index contributed by atoms with van der Waals surface area (Å²) in [6.45, 7) is 17.6. The van der Waals surface area contributed by atoms with E-state index in [1.807, 2.05) is 23.5 Å². The van der Waals surface area contributed by atoms with Gasteiger partial charge in [0.2, 0.25) is 0 Å². The number of benzene rings is 2. The second-order valence-electron chi connectivity index (χ2n) is 12.5. The highest BCUT2D eigenvalue weighted by Gasteiger charge is 2.26. The van der Waals surface area contributed by atoms with Gasteiger partial charge in [-0.25, -0.2) is 0 Å². The summed E-state index contributed by atoms with van der Waals surface area (Å²) in [5, 5.41) is 23.4. The zero-order valence-electron chi connectivity index (χ0n) is 25.1. The van der Waals surface area contributed by atoms with Crippen LogP contribution in [-0.4, -0.2) is 20.7 Å². The fraction of sp³-hybridized carbons (Fsp3) is 0.647. The predicted molar refractivity (Wildman–Crippen MR) is 170 cm³/mol. The molecule has 0 aromatic heterocycles. The van der Waals surface area contributed by atoms with Crippen molar-refractivity contribution < 1.29 is 10.2 Å². The van der Waals surface area contributed by atoms with Crippen LogP contribution in [0.2, 0.25) is 0 Å². The molecule has 1 aliphatic carbocycles. The standard InChI is InChI=1S/C34H52O2S2/c1-21(2)25-15-27(33(35)29(17-25)23(5)6)19-37-31-13-11-9-10-12-14-32(31)38-20-28-16-26(22(3)4)18-30(24(7)8)34(28)36/h15-18,21-24,31-32,35-36H,9-14,19-20H2,1-8H3/t31-,32?/m0/s1. The average molecular weight is 557 g/mol. The molecule has 0 heterocycles. The number of aromatic hydroxyl groups is 2. The molecule has 4 heteroatoms. The number of hydrogen-bond donors (Lipinski definition) is 2. The molecular weight excluding hydrogens is 505 g/mol. The van der Waals surface area contributed by atoms with E-state index in [-0.39, 0.29) is 0 Å². The van der Waals surface area contributed by atoms with Crippen molar-refractivity contribution in [3.05, 3.63) is 57.6 Å². The molecule has 1 fully saturated rings. The largest absolute Gasteiger partial charge is 0.507 e. The topological polar surface area (TPSA) is 40.5 Å². The minimum Gasteiger partial charge on any atom is -0.507 e. The van der Waals surface area contributed by atoms with E-state index in [4.69, 9.17) is 0 Å². The zero-order valence-corrected chi connectivity index (χ0v) is 26.8. The molecule has 0 spiro atoms. The van der Waals surface area contributed by atoms with E-state index in [0.29, 0.717) is 45.7 Å². The van der Waals surface area contributed by atoms with Gasteiger partial charge in [-0.2, -0.15) is 23.5 Å². The Balaban J connectivity index is 1.81. The van der Waals surface area contributed by atoms with Crippen LogP contribution in [0.3, 0.4) is 0 Å². The van der Waals surface area contributed by atoms with E-state index < -0.39 is 0 Å². The Labute approximate surface area is 241 Å². The lowest BCUT2D eigenvalue weighted by Crippen LogP contribution is -2.22. The number of phenols is 2. The molecule has 0 amide bonds. The molecule has 0 radical (unpaired) electrons. The van der Waals surface area contributed by atoms with Gasteiger partial charge in [0.1, 0.15) is 11.5 Å². The maximum atomic E-state index is 11.1. The third-order valence-electron chi connectivity index (χ3n) is 8.11. The fourth-order valence-corrected chi connectivity index (χ4v) is 8.51. The van der Waals surface area contributed by atoms with Crippen molar-refractivity contribution in [1.82, 2.24) is 0 Å². The Bertz CT molecular complexity index is 958. The molecule has 2 aromatic carbocycles. The Kier molecular flexibility index (Phi) is 11.8. The number of hydrogen-bond acceptors (Lipinski definition) is 4. The van der Waals surface area contributed by atoms with Crippen molar-refractivity contribution in [1.29, 1.82) is 0 Å². The Hall–Kier alpha value is -1.26. The van der Waals surface area contributed by atoms with Gasteiger partial charge in [0.15, 0.2) is 0 Å². The highest BCUT2D eigenvalue weighted by molar-refractivity contribution is 8.03. The van der Waals surface area contributed by atoms with Gasteiger partial charge in [-0.05, 0) is 58.8 Å². The van der Waals surface area contributed by atoms with Gasteiger partial charge in [-0.1, -0.05) is 105 Å². The molecule has 1 unspecified atom stereocenters. The fourth-order valence-electron chi connectivity index (χ4n) is 5.45. The van der Waals surface area contributed by atoms with Crippen molar-refractivity contribution in [3.63, 3.8) is 0 Å². The minimum absolute atomic E-state index is 0.312. The van der Waals surface area contributed by atoms with Crippen LogP contribution >= 0.6 is 23.5 Å². The number of thioether (sulfide) groups is 2. The summed E-state index contributed by atoms with van der Waals surface area (Å²) in [6, 6.07) is 8.90. The maximum absolute atomic E-state index is 11.1. The molecule has 2 nitrogen and oxygen atoms in total. The molecule has 212 valence electrons. The first kappa shape index (κ1) is 31.3. The van der Waals surface area contributed by atoms with Gasteiger partial charge in [-0.15, -0.1) is 0 Å². The van der Waals surface area contributed by atoms with Crippen LogP contribution in [-0.2, 0) is 11.5 Å². The number of phenolic OH excluding ortho intramolecular Hbond substituents is 2. The first-order valence-corrected chi connectivity index (χ1v) is 17.0. The molecule has 2 aromatic rings. The van der Waals surface area contributed by atoms with Crippen LogP contribution in [0.5, 0.6) is 11.5 Å². The molecule has 1 saturated carbocycles. The second-order valence-corrected chi connectivity index (χ2v) is 15.0. The van der Waals surface area contributed by atoms with Crippen LogP contribution < -0.4 is 0 Å². The molecule has 0 aliphatic heterocycles. The van der Waals surface area contributed by atoms with E-state index >= 15 is 0 Å². The van der Waals surface area contributed by atoms with Gasteiger partial charge < -0.3 is 10.2 Å². The quantitative estimate of drug-likeness (QED) is 0.305. The van der Waals surface area contributed by atoms with E-state index in [9.17, 15) is 10.2 Å². The summed E-state index contributed by atoms with van der Waals surface area (Å²) < 4.78 is 0. The van der Waals surface area contributed by atoms with Crippen molar-refractivity contribution in [3.8, 4) is 11.5 Å². The van der Waals surface area contributed by atoms with Crippen molar-refractivity contribution in [2.45, 2.75) is 140 Å². The van der Waals surface area contributed by atoms with Crippen LogP contribution in [0.4, 0.5) is 0 Å². The molecule has 3 rings (SSSR count). The lowest BCUT2D eigenvalue weighted by atomic mass is 9.92. The summed E-state index contributed by atoms with van der Waals surface area (Å²) in [6.07, 6.45) is 7.70. The second kappa shape index (κ2) is 14.4. The van der Waals surface area contributed by atoms with Gasteiger partial charge >= 0.3 is 0 Å². The van der Waals surface area contributed by atoms with Crippen molar-refractivity contribution >= 4 is 23.5 Å². The van der Waals surface area contributed by atoms with E-state index in [0.717, 1.165) is 33.8 Å². The number of rotatable bonds is 10. The van der Waals surface area contributed by atoms with E-state index in [1.54, 1.807) is 0 Å². The van der Waals surface area contributed by atoms with Crippen molar-refractivity contribution in [2.75, 3.05) is 0 Å². The SMILES string of the molecule is CC(C)c1cc(CSC2CCCCCC[C@@H]2SCc2cc(C(C)C)cc(C(C)C)c2O)c(O)c(C(C)C)c1. The minimum atomic E-state index is 0.312. The van der Waals surface area contributed by atoms with Crippen LogP contribution in [0.1, 0.15) is 151 Å². The monoisotopic (exact) mass is 556 g/mol. The van der Waals surface area contributed by atoms with Crippen molar-refractivity contribution in [2.24, 2.45) is 0 Å².